The van der Waals surface area contributed by atoms with Crippen LogP contribution in [-0.4, -0.2) is 24.1 Å². The maximum absolute atomic E-state index is 13.7. The summed E-state index contributed by atoms with van der Waals surface area (Å²) in [6.07, 6.45) is 0.585. The van der Waals surface area contributed by atoms with Crippen LogP contribution in [0.1, 0.15) is 57.2 Å². The first kappa shape index (κ1) is 26.1. The van der Waals surface area contributed by atoms with E-state index in [4.69, 9.17) is 20.8 Å². The number of furan rings is 1. The Bertz CT molecular complexity index is 1700. The average molecular weight is 550 g/mol. The topological polar surface area (TPSA) is 138 Å². The number of hydrogen-bond acceptors (Lipinski definition) is 8. The number of carbonyl (C=O) groups excluding carboxylic acids is 1. The highest BCUT2D eigenvalue weighted by molar-refractivity contribution is 6.33. The highest BCUT2D eigenvalue weighted by Crippen LogP contribution is 2.40. The summed E-state index contributed by atoms with van der Waals surface area (Å²) in [5.41, 5.74) is -0.353. The van der Waals surface area contributed by atoms with Crippen molar-refractivity contribution in [3.8, 4) is 5.75 Å². The molecule has 0 spiro atoms. The molecular formula is C28H24ClN3O7. The fourth-order valence-electron chi connectivity index (χ4n) is 4.70. The van der Waals surface area contributed by atoms with Gasteiger partial charge in [0, 0.05) is 16.7 Å². The number of ether oxygens (including phenoxy) is 1. The molecule has 200 valence electrons. The van der Waals surface area contributed by atoms with Gasteiger partial charge in [0.05, 0.1) is 42.2 Å². The lowest BCUT2D eigenvalue weighted by molar-refractivity contribution is 0.0697. The Morgan fingerprint density at radius 1 is 1.13 bits per heavy atom. The van der Waals surface area contributed by atoms with Crippen molar-refractivity contribution in [3.63, 3.8) is 0 Å². The summed E-state index contributed by atoms with van der Waals surface area (Å²) in [6, 6.07) is 10.7. The van der Waals surface area contributed by atoms with Crippen molar-refractivity contribution in [1.82, 2.24) is 0 Å². The Morgan fingerprint density at radius 2 is 1.87 bits per heavy atom. The smallest absolute Gasteiger partial charge is 0.337 e. The van der Waals surface area contributed by atoms with E-state index in [1.165, 1.54) is 30.2 Å². The largest absolute Gasteiger partial charge is 0.497 e. The van der Waals surface area contributed by atoms with E-state index < -0.39 is 22.7 Å². The molecule has 0 bridgehead atoms. The second kappa shape index (κ2) is 9.95. The molecule has 0 saturated heterocycles. The predicted molar refractivity (Wildman–Crippen MR) is 147 cm³/mol. The van der Waals surface area contributed by atoms with Crippen LogP contribution >= 0.6 is 11.6 Å². The molecule has 0 fully saturated rings. The van der Waals surface area contributed by atoms with E-state index in [9.17, 15) is 24.3 Å². The van der Waals surface area contributed by atoms with Gasteiger partial charge < -0.3 is 29.8 Å². The third-order valence-corrected chi connectivity index (χ3v) is 7.11. The summed E-state index contributed by atoms with van der Waals surface area (Å²) in [7, 11) is 1.44. The summed E-state index contributed by atoms with van der Waals surface area (Å²) < 4.78 is 10.9. The Balaban J connectivity index is 1.50. The SMILES string of the molecule is CCC(Nc1c(Nc2ccc(Cl)c3c2C(=O)N(c2cc(OC)ccc2C(=O)O)C3)c(=O)c1=O)c1ccc(C)o1. The molecule has 11 heteroatoms. The van der Waals surface area contributed by atoms with Crippen LogP contribution in [0, 0.1) is 6.92 Å². The second-order valence-electron chi connectivity index (χ2n) is 9.11. The van der Waals surface area contributed by atoms with Crippen molar-refractivity contribution in [2.45, 2.75) is 32.9 Å². The first-order chi connectivity index (χ1) is 18.6. The van der Waals surface area contributed by atoms with Crippen LogP contribution in [0.5, 0.6) is 5.75 Å². The number of halogens is 1. The van der Waals surface area contributed by atoms with Crippen LogP contribution in [0.3, 0.4) is 0 Å². The first-order valence-electron chi connectivity index (χ1n) is 12.1. The molecule has 0 radical (unpaired) electrons. The molecule has 1 aliphatic heterocycles. The van der Waals surface area contributed by atoms with Gasteiger partial charge in [-0.1, -0.05) is 18.5 Å². The van der Waals surface area contributed by atoms with Crippen molar-refractivity contribution in [1.29, 1.82) is 0 Å². The van der Waals surface area contributed by atoms with Gasteiger partial charge in [-0.05, 0) is 49.7 Å². The molecule has 10 nitrogen and oxygen atoms in total. The zero-order valence-electron chi connectivity index (χ0n) is 21.3. The number of benzene rings is 2. The van der Waals surface area contributed by atoms with Crippen LogP contribution in [0.25, 0.3) is 0 Å². The zero-order valence-corrected chi connectivity index (χ0v) is 22.0. The third kappa shape index (κ3) is 4.42. The van der Waals surface area contributed by atoms with E-state index in [1.54, 1.807) is 18.2 Å². The van der Waals surface area contributed by atoms with Gasteiger partial charge in [-0.3, -0.25) is 14.4 Å². The summed E-state index contributed by atoms with van der Waals surface area (Å²) in [5, 5.41) is 16.1. The molecule has 0 saturated carbocycles. The number of anilines is 4. The number of methoxy groups -OCH3 is 1. The maximum atomic E-state index is 13.7. The number of hydrogen-bond donors (Lipinski definition) is 3. The molecule has 1 aromatic heterocycles. The number of carboxylic acid groups (broad SMARTS) is 1. The van der Waals surface area contributed by atoms with E-state index in [1.807, 2.05) is 19.9 Å². The molecule has 1 atom stereocenters. The lowest BCUT2D eigenvalue weighted by Gasteiger charge is -2.21. The van der Waals surface area contributed by atoms with Crippen LogP contribution in [0.4, 0.5) is 22.7 Å². The normalized spacial score (nSPS) is 13.4. The molecule has 3 N–H and O–H groups in total. The molecule has 1 aliphatic rings. The molecule has 3 aromatic carbocycles. The number of aromatic carboxylic acids is 1. The molecular weight excluding hydrogens is 526 g/mol. The minimum absolute atomic E-state index is 0.00273. The molecule has 2 heterocycles. The quantitative estimate of drug-likeness (QED) is 0.246. The fourth-order valence-corrected chi connectivity index (χ4v) is 4.92. The van der Waals surface area contributed by atoms with E-state index in [-0.39, 0.29) is 46.5 Å². The Labute approximate surface area is 227 Å². The standard InChI is InChI=1S/C28H24ClN3O7/c1-4-18(21-10-5-13(2)39-21)30-23-24(26(34)25(23)33)31-19-9-8-17(29)16-12-32(27(35)22(16)19)20-11-14(38-3)6-7-15(20)28(36)37/h5-11,18,30-31H,4,12H2,1-3H3,(H,36,37). The number of aryl methyl sites for hydroxylation is 1. The van der Waals surface area contributed by atoms with Gasteiger partial charge in [0.2, 0.25) is 0 Å². The number of amides is 1. The lowest BCUT2D eigenvalue weighted by atomic mass is 10.1. The molecule has 4 aromatic rings. The zero-order chi connectivity index (χ0) is 28.0. The second-order valence-corrected chi connectivity index (χ2v) is 9.52. The number of fused-ring (bicyclic) bond motifs is 1. The number of carboxylic acids is 1. The molecule has 0 aliphatic carbocycles. The van der Waals surface area contributed by atoms with Crippen molar-refractivity contribution < 1.29 is 23.8 Å². The molecule has 1 unspecified atom stereocenters. The van der Waals surface area contributed by atoms with Gasteiger partial charge in [-0.25, -0.2) is 4.79 Å². The molecule has 5 rings (SSSR count). The van der Waals surface area contributed by atoms with Gasteiger partial charge in [-0.2, -0.15) is 0 Å². The number of rotatable bonds is 9. The lowest BCUT2D eigenvalue weighted by Crippen LogP contribution is -2.37. The number of carbonyl (C=O) groups is 2. The Hall–Kier alpha value is -4.57. The predicted octanol–water partition coefficient (Wildman–Crippen LogP) is 5.01. The Kier molecular flexibility index (Phi) is 6.65. The van der Waals surface area contributed by atoms with Gasteiger partial charge in [-0.15, -0.1) is 0 Å². The summed E-state index contributed by atoms with van der Waals surface area (Å²) >= 11 is 6.44. The summed E-state index contributed by atoms with van der Waals surface area (Å²) in [6.45, 7) is 3.73. The highest BCUT2D eigenvalue weighted by atomic mass is 35.5. The minimum Gasteiger partial charge on any atom is -0.497 e. The van der Waals surface area contributed by atoms with Crippen LogP contribution in [0.2, 0.25) is 5.02 Å². The van der Waals surface area contributed by atoms with Gasteiger partial charge in [0.25, 0.3) is 16.8 Å². The van der Waals surface area contributed by atoms with E-state index in [0.717, 1.165) is 5.76 Å². The fraction of sp³-hybridized carbons (Fsp3) is 0.214. The highest BCUT2D eigenvalue weighted by Gasteiger charge is 2.36. The van der Waals surface area contributed by atoms with Crippen LogP contribution < -0.4 is 31.1 Å². The van der Waals surface area contributed by atoms with E-state index >= 15 is 0 Å². The van der Waals surface area contributed by atoms with Crippen molar-refractivity contribution in [2.24, 2.45) is 0 Å². The number of nitrogens with zero attached hydrogens (tertiary/aromatic N) is 1. The summed E-state index contributed by atoms with van der Waals surface area (Å²) in [4.78, 5) is 51.9. The monoisotopic (exact) mass is 549 g/mol. The maximum Gasteiger partial charge on any atom is 0.337 e. The first-order valence-corrected chi connectivity index (χ1v) is 12.5. The van der Waals surface area contributed by atoms with E-state index in [0.29, 0.717) is 28.5 Å². The summed E-state index contributed by atoms with van der Waals surface area (Å²) in [5.74, 6) is -0.0101. The average Bonchev–Trinajstić information content (AvgIpc) is 3.52. The van der Waals surface area contributed by atoms with Gasteiger partial charge in [0.1, 0.15) is 28.6 Å². The van der Waals surface area contributed by atoms with Crippen LogP contribution in [-0.2, 0) is 6.54 Å². The minimum atomic E-state index is -1.21. The van der Waals surface area contributed by atoms with E-state index in [2.05, 4.69) is 10.6 Å². The van der Waals surface area contributed by atoms with Gasteiger partial charge in [0.15, 0.2) is 0 Å². The van der Waals surface area contributed by atoms with Crippen molar-refractivity contribution in [3.05, 3.63) is 96.1 Å². The van der Waals surface area contributed by atoms with Crippen molar-refractivity contribution >= 4 is 46.2 Å². The third-order valence-electron chi connectivity index (χ3n) is 6.76. The number of nitrogens with one attached hydrogen (secondary N) is 2. The van der Waals surface area contributed by atoms with Crippen molar-refractivity contribution in [2.75, 3.05) is 22.6 Å². The molecule has 1 amide bonds. The molecule has 39 heavy (non-hydrogen) atoms. The van der Waals surface area contributed by atoms with Gasteiger partial charge >= 0.3 is 5.97 Å². The van der Waals surface area contributed by atoms with Crippen LogP contribution in [0.15, 0.2) is 56.5 Å². The Morgan fingerprint density at radius 3 is 2.51 bits per heavy atom.